The fourth-order valence-corrected chi connectivity index (χ4v) is 9.08. The molecule has 2 aromatic rings. The second-order valence-corrected chi connectivity index (χ2v) is 16.8. The average Bonchev–Trinajstić information content (AvgIpc) is 3.79. The van der Waals surface area contributed by atoms with Crippen molar-refractivity contribution in [2.24, 2.45) is 46.4 Å². The number of rotatable bonds is 10. The van der Waals surface area contributed by atoms with E-state index in [0.29, 0.717) is 12.0 Å². The van der Waals surface area contributed by atoms with Crippen molar-refractivity contribution in [1.29, 1.82) is 0 Å². The maximum absolute atomic E-state index is 14.7. The number of pyridine rings is 1. The number of oxime groups is 1. The summed E-state index contributed by atoms with van der Waals surface area (Å²) in [6.45, 7) is 13.1. The van der Waals surface area contributed by atoms with Crippen LogP contribution < -0.4 is 5.73 Å². The van der Waals surface area contributed by atoms with Gasteiger partial charge in [-0.05, 0) is 73.2 Å². The zero-order valence-electron chi connectivity index (χ0n) is 35.8. The van der Waals surface area contributed by atoms with Crippen molar-refractivity contribution < 1.29 is 57.2 Å². The quantitative estimate of drug-likeness (QED) is 0.115. The summed E-state index contributed by atoms with van der Waals surface area (Å²) in [5.74, 6) is -8.76. The average molecular weight is 829 g/mol. The highest BCUT2D eigenvalue weighted by Crippen LogP contribution is 2.48. The predicted octanol–water partition coefficient (Wildman–Crippen LogP) is 3.09. The molecular weight excluding hydrogens is 768 g/mol. The molecule has 0 bridgehead atoms. The number of amidine groups is 1. The number of fused-ring (bicyclic) bond motifs is 1. The third kappa shape index (κ3) is 9.36. The van der Waals surface area contributed by atoms with Gasteiger partial charge in [-0.15, -0.1) is 10.2 Å². The van der Waals surface area contributed by atoms with Crippen LogP contribution in [0.25, 0.3) is 11.5 Å². The van der Waals surface area contributed by atoms with Crippen LogP contribution in [0.15, 0.2) is 34.1 Å². The van der Waals surface area contributed by atoms with E-state index in [0.717, 1.165) is 0 Å². The summed E-state index contributed by atoms with van der Waals surface area (Å²) in [4.78, 5) is 68.3. The van der Waals surface area contributed by atoms with Gasteiger partial charge in [0.15, 0.2) is 30.1 Å². The van der Waals surface area contributed by atoms with Crippen LogP contribution in [0.2, 0.25) is 0 Å². The standard InChI is InChI=1S/C41H60N6O12/c1-12-27-41(8)30(29(38(52)59-41)35(42)46-54-19-28-44-45-36(57-28)25-14-13-15-43-18-25)22(4)31(48)20(2)17-40(7,53-11)34(23(5)32(49)24(6)37(51)56-27)58-39-33(50)26(47(9)10)16-21(3)55-39/h13-15,18,20-24,26-27,29-30,33-34,39,50H,12,16-17,19H2,1-11H3,(H2,42,46)/t20-,21?,22-,23+,24-,26?,27-,29?,30?,33?,34-,39?,40+,41-/m1/s1. The molecule has 0 amide bonds. The molecule has 5 rings (SSSR count). The second kappa shape index (κ2) is 18.5. The summed E-state index contributed by atoms with van der Waals surface area (Å²) in [5, 5.41) is 23.4. The molecule has 3 fully saturated rings. The van der Waals surface area contributed by atoms with Gasteiger partial charge in [0.05, 0.1) is 23.4 Å². The lowest BCUT2D eigenvalue weighted by molar-refractivity contribution is -0.295. The molecule has 59 heavy (non-hydrogen) atoms. The first kappa shape index (κ1) is 45.7. The van der Waals surface area contributed by atoms with E-state index in [1.165, 1.54) is 14.0 Å². The molecule has 18 heteroatoms. The molecule has 0 radical (unpaired) electrons. The Hall–Kier alpha value is -4.36. The highest BCUT2D eigenvalue weighted by Gasteiger charge is 2.62. The molecule has 0 aromatic carbocycles. The SMILES string of the molecule is CC[C@H]1OC(=O)[C@H](C)C(=O)[C@H](C)[C@@H](OC2OC(C)CC(N(C)C)C2O)[C@@](C)(OC)C[C@@H](C)C(=O)[C@H](C)C2C(/C(N)=N\OCc3nnc(-c4cccnc4)o3)C(=O)O[C@@]21C. The first-order valence-electron chi connectivity index (χ1n) is 20.2. The van der Waals surface area contributed by atoms with Crippen LogP contribution in [0.1, 0.15) is 80.5 Å². The number of carbonyl (C=O) groups is 4. The van der Waals surface area contributed by atoms with Gasteiger partial charge >= 0.3 is 11.9 Å². The fourth-order valence-electron chi connectivity index (χ4n) is 9.08. The highest BCUT2D eigenvalue weighted by molar-refractivity contribution is 6.03. The number of Topliss-reactive ketones (excluding diaryl/α,β-unsaturated/α-hetero) is 2. The Morgan fingerprint density at radius 1 is 1.05 bits per heavy atom. The van der Waals surface area contributed by atoms with Gasteiger partial charge in [0.25, 0.3) is 5.89 Å². The molecule has 2 aromatic heterocycles. The number of esters is 2. The minimum atomic E-state index is -1.59. The Labute approximate surface area is 344 Å². The van der Waals surface area contributed by atoms with Crippen molar-refractivity contribution in [3.05, 3.63) is 30.4 Å². The summed E-state index contributed by atoms with van der Waals surface area (Å²) in [5.41, 5.74) is 4.17. The van der Waals surface area contributed by atoms with Gasteiger partial charge in [0.2, 0.25) is 5.89 Å². The van der Waals surface area contributed by atoms with Crippen LogP contribution >= 0.6 is 0 Å². The highest BCUT2D eigenvalue weighted by atomic mass is 16.7. The number of nitrogens with two attached hydrogens (primary N) is 1. The van der Waals surface area contributed by atoms with Crippen LogP contribution in [0.3, 0.4) is 0 Å². The number of aromatic nitrogens is 3. The molecule has 3 saturated heterocycles. The van der Waals surface area contributed by atoms with Gasteiger partial charge in [-0.2, -0.15) is 0 Å². The molecule has 6 unspecified atom stereocenters. The Bertz CT molecular complexity index is 1840. The van der Waals surface area contributed by atoms with Gasteiger partial charge in [0, 0.05) is 49.2 Å². The van der Waals surface area contributed by atoms with Gasteiger partial charge in [-0.25, -0.2) is 0 Å². The van der Waals surface area contributed by atoms with Crippen LogP contribution in [0, 0.1) is 35.5 Å². The van der Waals surface area contributed by atoms with Crippen LogP contribution in [-0.4, -0.2) is 124 Å². The largest absolute Gasteiger partial charge is 0.458 e. The van der Waals surface area contributed by atoms with E-state index in [4.69, 9.17) is 38.7 Å². The molecule has 3 aliphatic rings. The summed E-state index contributed by atoms with van der Waals surface area (Å²) in [6, 6.07) is 3.16. The van der Waals surface area contributed by atoms with Gasteiger partial charge in [-0.3, -0.25) is 24.2 Å². The van der Waals surface area contributed by atoms with E-state index in [-0.39, 0.29) is 55.0 Å². The lowest BCUT2D eigenvalue weighted by Crippen LogP contribution is -2.59. The fraction of sp³-hybridized carbons (Fsp3) is 0.707. The third-order valence-corrected chi connectivity index (χ3v) is 12.4. The molecule has 3 aliphatic heterocycles. The lowest BCUT2D eigenvalue weighted by Gasteiger charge is -2.47. The molecule has 18 nitrogen and oxygen atoms in total. The summed E-state index contributed by atoms with van der Waals surface area (Å²) < 4.78 is 36.6. The van der Waals surface area contributed by atoms with Crippen molar-refractivity contribution in [1.82, 2.24) is 20.1 Å². The number of ether oxygens (including phenoxy) is 5. The molecule has 0 spiro atoms. The van der Waals surface area contributed by atoms with E-state index >= 15 is 0 Å². The minimum Gasteiger partial charge on any atom is -0.458 e. The topological polar surface area (TPSA) is 237 Å². The number of aliphatic hydroxyl groups is 1. The predicted molar refractivity (Wildman–Crippen MR) is 210 cm³/mol. The monoisotopic (exact) mass is 828 g/mol. The number of nitrogens with zero attached hydrogens (tertiary/aromatic N) is 5. The Morgan fingerprint density at radius 2 is 1.76 bits per heavy atom. The molecule has 3 N–H and O–H groups in total. The van der Waals surface area contributed by atoms with Gasteiger partial charge < -0.3 is 48.7 Å². The van der Waals surface area contributed by atoms with Crippen molar-refractivity contribution >= 4 is 29.3 Å². The number of carbonyl (C=O) groups excluding carboxylic acids is 4. The number of hydrogen-bond donors (Lipinski definition) is 2. The van der Waals surface area contributed by atoms with Crippen LogP contribution in [0.5, 0.6) is 0 Å². The van der Waals surface area contributed by atoms with E-state index in [1.807, 2.05) is 25.9 Å². The Balaban J connectivity index is 1.49. The number of aliphatic hydroxyl groups excluding tert-OH is 1. The Kier molecular flexibility index (Phi) is 14.3. The number of ketones is 2. The maximum Gasteiger partial charge on any atom is 0.317 e. The van der Waals surface area contributed by atoms with Crippen molar-refractivity contribution in [3.63, 3.8) is 0 Å². The summed E-state index contributed by atoms with van der Waals surface area (Å²) in [6.07, 6.45) is -0.833. The number of cyclic esters (lactones) is 1. The van der Waals surface area contributed by atoms with Crippen molar-refractivity contribution in [2.75, 3.05) is 21.2 Å². The third-order valence-electron chi connectivity index (χ3n) is 12.4. The molecular formula is C41H60N6O12. The van der Waals surface area contributed by atoms with E-state index in [2.05, 4.69) is 20.3 Å². The van der Waals surface area contributed by atoms with Crippen molar-refractivity contribution in [3.8, 4) is 11.5 Å². The summed E-state index contributed by atoms with van der Waals surface area (Å²) in [7, 11) is 5.15. The first-order chi connectivity index (χ1) is 27.8. The lowest BCUT2D eigenvalue weighted by atomic mass is 9.67. The minimum absolute atomic E-state index is 0.0429. The second-order valence-electron chi connectivity index (χ2n) is 16.8. The molecule has 5 heterocycles. The van der Waals surface area contributed by atoms with Gasteiger partial charge in [-0.1, -0.05) is 32.9 Å². The van der Waals surface area contributed by atoms with E-state index in [1.54, 1.807) is 66.1 Å². The van der Waals surface area contributed by atoms with Crippen molar-refractivity contribution in [2.45, 2.75) is 129 Å². The number of likely N-dealkylation sites (N-methyl/N-ethyl adjacent to an activating group) is 1. The summed E-state index contributed by atoms with van der Waals surface area (Å²) >= 11 is 0. The van der Waals surface area contributed by atoms with E-state index < -0.39 is 89.0 Å². The first-order valence-corrected chi connectivity index (χ1v) is 20.2. The van der Waals surface area contributed by atoms with Gasteiger partial charge in [0.1, 0.15) is 29.8 Å². The smallest absolute Gasteiger partial charge is 0.317 e. The zero-order valence-corrected chi connectivity index (χ0v) is 35.8. The van der Waals surface area contributed by atoms with Crippen LogP contribution in [0.4, 0.5) is 0 Å². The molecule has 0 saturated carbocycles. The maximum atomic E-state index is 14.7. The molecule has 14 atom stereocenters. The molecule has 0 aliphatic carbocycles. The zero-order chi connectivity index (χ0) is 43.6. The molecule has 326 valence electrons. The Morgan fingerprint density at radius 3 is 2.39 bits per heavy atom. The van der Waals surface area contributed by atoms with E-state index in [9.17, 15) is 24.3 Å². The number of hydrogen-bond acceptors (Lipinski definition) is 17. The number of methoxy groups -OCH3 is 1. The normalized spacial score (nSPS) is 37.7. The van der Waals surface area contributed by atoms with Crippen LogP contribution in [-0.2, 0) is 54.3 Å².